The maximum Gasteiger partial charge on any atom is 0.0720 e. The smallest absolute Gasteiger partial charge is 0.0720 e. The van der Waals surface area contributed by atoms with E-state index < -0.39 is 10.8 Å². The number of para-hydroxylation sites is 1. The molecule has 0 aliphatic heterocycles. The largest absolute Gasteiger partial charge is 0.309 e. The fourth-order valence-corrected chi connectivity index (χ4v) is 11.5. The molecule has 2 aliphatic carbocycles. The molecule has 0 spiro atoms. The molecule has 0 radical (unpaired) electrons. The van der Waals surface area contributed by atoms with Crippen LogP contribution in [0.25, 0.3) is 60.5 Å². The molecule has 61 heavy (non-hydrogen) atoms. The van der Waals surface area contributed by atoms with Crippen molar-refractivity contribution in [3.8, 4) is 27.9 Å². The molecular formula is C60H39N. The molecule has 284 valence electrons. The Morgan fingerprint density at radius 3 is 1.64 bits per heavy atom. The molecule has 13 rings (SSSR count). The molecule has 11 aromatic rings. The maximum absolute atomic E-state index is 2.42. The number of rotatable bonds is 5. The molecule has 0 saturated heterocycles. The first-order valence-corrected chi connectivity index (χ1v) is 21.3. The van der Waals surface area contributed by atoms with Gasteiger partial charge in [0.25, 0.3) is 0 Å². The lowest BCUT2D eigenvalue weighted by Crippen LogP contribution is -2.44. The van der Waals surface area contributed by atoms with Gasteiger partial charge in [-0.2, -0.15) is 0 Å². The summed E-state index contributed by atoms with van der Waals surface area (Å²) in [6, 6.07) is 88.6. The van der Waals surface area contributed by atoms with Gasteiger partial charge in [-0.25, -0.2) is 0 Å². The van der Waals surface area contributed by atoms with Crippen LogP contribution >= 0.6 is 0 Å². The van der Waals surface area contributed by atoms with Crippen LogP contribution in [0.4, 0.5) is 0 Å². The molecular weight excluding hydrogens is 735 g/mol. The van der Waals surface area contributed by atoms with Gasteiger partial charge in [0, 0.05) is 16.5 Å². The van der Waals surface area contributed by atoms with Gasteiger partial charge in [-0.3, -0.25) is 0 Å². The third-order valence-electron chi connectivity index (χ3n) is 13.9. The van der Waals surface area contributed by atoms with Crippen LogP contribution in [0.5, 0.6) is 0 Å². The highest BCUT2D eigenvalue weighted by Gasteiger charge is 2.57. The van der Waals surface area contributed by atoms with Crippen molar-refractivity contribution in [1.29, 1.82) is 0 Å². The van der Waals surface area contributed by atoms with Crippen molar-refractivity contribution in [3.63, 3.8) is 0 Å². The maximum atomic E-state index is 2.42. The minimum absolute atomic E-state index is 0.458. The zero-order chi connectivity index (χ0) is 40.1. The lowest BCUT2D eigenvalue weighted by Gasteiger charge is -2.49. The molecule has 1 heterocycles. The molecule has 1 heteroatoms. The van der Waals surface area contributed by atoms with Gasteiger partial charge in [0.2, 0.25) is 0 Å². The number of nitrogens with zero attached hydrogens (tertiary/aromatic N) is 1. The summed E-state index contributed by atoms with van der Waals surface area (Å²) in [4.78, 5) is 0. The van der Waals surface area contributed by atoms with Crippen LogP contribution in [-0.2, 0) is 10.8 Å². The predicted molar refractivity (Wildman–Crippen MR) is 253 cm³/mol. The van der Waals surface area contributed by atoms with Crippen LogP contribution in [0.1, 0.15) is 44.5 Å². The van der Waals surface area contributed by atoms with Crippen molar-refractivity contribution >= 4 is 32.6 Å². The summed E-state index contributed by atoms with van der Waals surface area (Å²) in [5.41, 5.74) is 18.2. The zero-order valence-corrected chi connectivity index (χ0v) is 33.5. The Kier molecular flexibility index (Phi) is 7.21. The average molecular weight is 774 g/mol. The second-order valence-electron chi connectivity index (χ2n) is 16.7. The Morgan fingerprint density at radius 2 is 0.852 bits per heavy atom. The van der Waals surface area contributed by atoms with Crippen molar-refractivity contribution in [2.24, 2.45) is 0 Å². The number of hydrogen-bond acceptors (Lipinski definition) is 0. The lowest BCUT2D eigenvalue weighted by atomic mass is 9.51. The zero-order valence-electron chi connectivity index (χ0n) is 33.5. The molecule has 1 nitrogen and oxygen atoms in total. The SMILES string of the molecule is c1ccc(C2(c3ccc(-c4ccc5c(c4)c4ccccc4n5-c4ccc5ccccc5c4)cc3)c3ccccc3C3(c4ccccc4)c4ccccc4-c4cccc2c43)cc1. The summed E-state index contributed by atoms with van der Waals surface area (Å²) >= 11 is 0. The van der Waals surface area contributed by atoms with Gasteiger partial charge in [-0.15, -0.1) is 0 Å². The Morgan fingerprint density at radius 1 is 0.295 bits per heavy atom. The molecule has 1 aromatic heterocycles. The van der Waals surface area contributed by atoms with E-state index in [-0.39, 0.29) is 0 Å². The Bertz CT molecular complexity index is 3520. The van der Waals surface area contributed by atoms with Gasteiger partial charge >= 0.3 is 0 Å². The molecule has 0 bridgehead atoms. The van der Waals surface area contributed by atoms with E-state index in [1.165, 1.54) is 105 Å². The number of aromatic nitrogens is 1. The Labute approximate surface area is 355 Å². The number of benzene rings is 10. The van der Waals surface area contributed by atoms with Crippen LogP contribution < -0.4 is 0 Å². The van der Waals surface area contributed by atoms with E-state index in [0.29, 0.717) is 0 Å². The van der Waals surface area contributed by atoms with E-state index in [4.69, 9.17) is 0 Å². The minimum atomic E-state index is -0.570. The molecule has 0 fully saturated rings. The second-order valence-corrected chi connectivity index (χ2v) is 16.7. The molecule has 2 atom stereocenters. The molecule has 10 aromatic carbocycles. The van der Waals surface area contributed by atoms with Gasteiger partial charge in [0.15, 0.2) is 0 Å². The molecule has 2 unspecified atom stereocenters. The fraction of sp³-hybridized carbons (Fsp3) is 0.0333. The molecule has 0 N–H and O–H groups in total. The van der Waals surface area contributed by atoms with Gasteiger partial charge in [0.05, 0.1) is 21.9 Å². The van der Waals surface area contributed by atoms with Gasteiger partial charge in [-0.05, 0) is 108 Å². The Hall–Kier alpha value is -7.74. The van der Waals surface area contributed by atoms with Gasteiger partial charge in [0.1, 0.15) is 0 Å². The third-order valence-corrected chi connectivity index (χ3v) is 13.9. The van der Waals surface area contributed by atoms with E-state index >= 15 is 0 Å². The van der Waals surface area contributed by atoms with Crippen LogP contribution in [-0.4, -0.2) is 4.57 Å². The first-order valence-electron chi connectivity index (χ1n) is 21.3. The van der Waals surface area contributed by atoms with Crippen molar-refractivity contribution in [1.82, 2.24) is 4.57 Å². The summed E-state index contributed by atoms with van der Waals surface area (Å²) in [7, 11) is 0. The Balaban J connectivity index is 1.03. The van der Waals surface area contributed by atoms with E-state index in [1.54, 1.807) is 0 Å². The molecule has 0 saturated carbocycles. The van der Waals surface area contributed by atoms with E-state index in [1.807, 2.05) is 0 Å². The first-order chi connectivity index (χ1) is 30.3. The van der Waals surface area contributed by atoms with Crippen LogP contribution in [0.3, 0.4) is 0 Å². The van der Waals surface area contributed by atoms with Crippen molar-refractivity contribution in [3.05, 3.63) is 281 Å². The van der Waals surface area contributed by atoms with Gasteiger partial charge in [-0.1, -0.05) is 206 Å². The highest BCUT2D eigenvalue weighted by atomic mass is 15.0. The highest BCUT2D eigenvalue weighted by molar-refractivity contribution is 6.10. The quantitative estimate of drug-likeness (QED) is 0.164. The van der Waals surface area contributed by atoms with Crippen molar-refractivity contribution in [2.45, 2.75) is 10.8 Å². The van der Waals surface area contributed by atoms with Crippen LogP contribution in [0.15, 0.2) is 237 Å². The van der Waals surface area contributed by atoms with E-state index in [9.17, 15) is 0 Å². The third kappa shape index (κ3) is 4.55. The first kappa shape index (κ1) is 34.2. The summed E-state index contributed by atoms with van der Waals surface area (Å²) in [5, 5.41) is 5.00. The number of fused-ring (bicyclic) bond motifs is 9. The molecule has 0 amide bonds. The van der Waals surface area contributed by atoms with Crippen molar-refractivity contribution in [2.75, 3.05) is 0 Å². The summed E-state index contributed by atoms with van der Waals surface area (Å²) in [6.07, 6.45) is 0. The average Bonchev–Trinajstić information content (AvgIpc) is 3.84. The predicted octanol–water partition coefficient (Wildman–Crippen LogP) is 14.7. The van der Waals surface area contributed by atoms with Crippen molar-refractivity contribution < 1.29 is 0 Å². The minimum Gasteiger partial charge on any atom is -0.309 e. The monoisotopic (exact) mass is 773 g/mol. The number of hydrogen-bond donors (Lipinski definition) is 0. The van der Waals surface area contributed by atoms with E-state index in [0.717, 1.165) is 0 Å². The van der Waals surface area contributed by atoms with Gasteiger partial charge < -0.3 is 4.57 Å². The lowest BCUT2D eigenvalue weighted by molar-refractivity contribution is 0.627. The summed E-state index contributed by atoms with van der Waals surface area (Å²) in [6.45, 7) is 0. The van der Waals surface area contributed by atoms with Crippen LogP contribution in [0, 0.1) is 0 Å². The molecule has 2 aliphatic rings. The normalized spacial score (nSPS) is 17.3. The summed E-state index contributed by atoms with van der Waals surface area (Å²) < 4.78 is 2.42. The topological polar surface area (TPSA) is 4.93 Å². The fourth-order valence-electron chi connectivity index (χ4n) is 11.5. The summed E-state index contributed by atoms with van der Waals surface area (Å²) in [5.74, 6) is 0. The van der Waals surface area contributed by atoms with Crippen LogP contribution in [0.2, 0.25) is 0 Å². The van der Waals surface area contributed by atoms with E-state index in [2.05, 4.69) is 241 Å². The highest BCUT2D eigenvalue weighted by Crippen LogP contribution is 2.65. The second kappa shape index (κ2) is 12.9. The standard InChI is InChI=1S/C60H39N/c1-3-18-44(19-4-1)59(53-26-12-13-27-54(53)60(45-20-5-2-6-21-45)52-25-11-9-22-48(52)50-24-15-28-55(59)58(50)60)46-34-30-41(31-35-46)43-33-37-57-51(39-43)49-23-10-14-29-56(49)61(57)47-36-32-40-16-7-8-17-42(40)38-47/h1-39H.